The molecule has 1 aromatic rings. The topological polar surface area (TPSA) is 58.7 Å². The summed E-state index contributed by atoms with van der Waals surface area (Å²) in [5.41, 5.74) is 0.793. The molecule has 82 valence electrons. The Morgan fingerprint density at radius 1 is 1.33 bits per heavy atom. The zero-order chi connectivity index (χ0) is 10.7. The SMILES string of the molecule is O=S(=O)(Cc1ccccc1)NCC1CO1. The molecule has 0 amide bonds. The lowest BCUT2D eigenvalue weighted by Gasteiger charge is -2.04. The number of epoxide rings is 1. The molecule has 1 fully saturated rings. The van der Waals surface area contributed by atoms with E-state index < -0.39 is 10.0 Å². The van der Waals surface area contributed by atoms with E-state index in [2.05, 4.69) is 4.72 Å². The molecular weight excluding hydrogens is 214 g/mol. The van der Waals surface area contributed by atoms with E-state index >= 15 is 0 Å². The minimum atomic E-state index is -3.22. The van der Waals surface area contributed by atoms with Crippen LogP contribution in [0.4, 0.5) is 0 Å². The van der Waals surface area contributed by atoms with Gasteiger partial charge in [-0.15, -0.1) is 0 Å². The van der Waals surface area contributed by atoms with Crippen LogP contribution in [0, 0.1) is 0 Å². The molecule has 0 bridgehead atoms. The van der Waals surface area contributed by atoms with Gasteiger partial charge in [-0.1, -0.05) is 30.3 Å². The molecule has 4 nitrogen and oxygen atoms in total. The van der Waals surface area contributed by atoms with Crippen LogP contribution >= 0.6 is 0 Å². The molecule has 0 saturated carbocycles. The van der Waals surface area contributed by atoms with Gasteiger partial charge in [-0.05, 0) is 5.56 Å². The van der Waals surface area contributed by atoms with Gasteiger partial charge in [0.25, 0.3) is 0 Å². The summed E-state index contributed by atoms with van der Waals surface area (Å²) in [6, 6.07) is 9.12. The Morgan fingerprint density at radius 2 is 2.00 bits per heavy atom. The van der Waals surface area contributed by atoms with Crippen LogP contribution in [0.15, 0.2) is 30.3 Å². The average Bonchev–Trinajstić information content (AvgIpc) is 2.99. The second kappa shape index (κ2) is 4.30. The zero-order valence-electron chi connectivity index (χ0n) is 8.22. The molecule has 1 aliphatic rings. The molecule has 0 spiro atoms. The van der Waals surface area contributed by atoms with Crippen molar-refractivity contribution >= 4 is 10.0 Å². The fourth-order valence-corrected chi connectivity index (χ4v) is 2.42. The highest BCUT2D eigenvalue weighted by Crippen LogP contribution is 2.08. The van der Waals surface area contributed by atoms with Crippen molar-refractivity contribution in [1.29, 1.82) is 0 Å². The molecular formula is C10H13NO3S. The average molecular weight is 227 g/mol. The Morgan fingerprint density at radius 3 is 2.60 bits per heavy atom. The van der Waals surface area contributed by atoms with E-state index in [4.69, 9.17) is 4.74 Å². The van der Waals surface area contributed by atoms with Crippen LogP contribution in [0.25, 0.3) is 0 Å². The fourth-order valence-electron chi connectivity index (χ4n) is 1.25. The first-order chi connectivity index (χ1) is 7.16. The van der Waals surface area contributed by atoms with E-state index in [0.29, 0.717) is 13.2 Å². The third kappa shape index (κ3) is 3.62. The number of benzene rings is 1. The highest BCUT2D eigenvalue weighted by Gasteiger charge is 2.24. The summed E-state index contributed by atoms with van der Waals surface area (Å²) in [6.45, 7) is 1.04. The minimum Gasteiger partial charge on any atom is -0.372 e. The minimum absolute atomic E-state index is 0.0283. The monoisotopic (exact) mass is 227 g/mol. The summed E-state index contributed by atoms with van der Waals surface area (Å²) in [6.07, 6.45) is 0.0792. The smallest absolute Gasteiger partial charge is 0.215 e. The van der Waals surface area contributed by atoms with Crippen molar-refractivity contribution in [2.24, 2.45) is 0 Å². The van der Waals surface area contributed by atoms with E-state index in [9.17, 15) is 8.42 Å². The maximum atomic E-state index is 11.6. The normalized spacial score (nSPS) is 20.1. The Bertz CT molecular complexity index is 412. The predicted molar refractivity (Wildman–Crippen MR) is 56.8 cm³/mol. The summed E-state index contributed by atoms with van der Waals surface area (Å²) >= 11 is 0. The Balaban J connectivity index is 1.91. The van der Waals surface area contributed by atoms with Gasteiger partial charge in [0.1, 0.15) is 0 Å². The van der Waals surface area contributed by atoms with E-state index in [1.165, 1.54) is 0 Å². The van der Waals surface area contributed by atoms with Crippen LogP contribution in [0.2, 0.25) is 0 Å². The highest BCUT2D eigenvalue weighted by atomic mass is 32.2. The van der Waals surface area contributed by atoms with Gasteiger partial charge in [0.2, 0.25) is 10.0 Å². The second-order valence-corrected chi connectivity index (χ2v) is 5.36. The summed E-state index contributed by atoms with van der Waals surface area (Å²) in [5, 5.41) is 0. The van der Waals surface area contributed by atoms with E-state index in [0.717, 1.165) is 5.56 Å². The molecule has 1 heterocycles. The number of nitrogens with one attached hydrogen (secondary N) is 1. The molecule has 0 aromatic heterocycles. The number of ether oxygens (including phenoxy) is 1. The van der Waals surface area contributed by atoms with Crippen molar-refractivity contribution in [3.05, 3.63) is 35.9 Å². The molecule has 1 atom stereocenters. The first-order valence-electron chi connectivity index (χ1n) is 4.78. The van der Waals surface area contributed by atoms with Gasteiger partial charge in [-0.25, -0.2) is 13.1 Å². The molecule has 5 heteroatoms. The number of hydrogen-bond donors (Lipinski definition) is 1. The van der Waals surface area contributed by atoms with Crippen LogP contribution in [0.1, 0.15) is 5.56 Å². The van der Waals surface area contributed by atoms with E-state index in [1.807, 2.05) is 18.2 Å². The third-order valence-electron chi connectivity index (χ3n) is 2.13. The van der Waals surface area contributed by atoms with Crippen molar-refractivity contribution in [2.45, 2.75) is 11.9 Å². The summed E-state index contributed by atoms with van der Waals surface area (Å²) < 4.78 is 30.6. The molecule has 0 radical (unpaired) electrons. The molecule has 1 unspecified atom stereocenters. The molecule has 1 aliphatic heterocycles. The van der Waals surface area contributed by atoms with Crippen molar-refractivity contribution in [3.63, 3.8) is 0 Å². The van der Waals surface area contributed by atoms with Crippen molar-refractivity contribution < 1.29 is 13.2 Å². The summed E-state index contributed by atoms with van der Waals surface area (Å²) in [7, 11) is -3.22. The Kier molecular flexibility index (Phi) is 3.04. The van der Waals surface area contributed by atoms with Crippen molar-refractivity contribution in [3.8, 4) is 0 Å². The number of hydrogen-bond acceptors (Lipinski definition) is 3. The highest BCUT2D eigenvalue weighted by molar-refractivity contribution is 7.88. The van der Waals surface area contributed by atoms with Crippen LogP contribution in [0.3, 0.4) is 0 Å². The van der Waals surface area contributed by atoms with Gasteiger partial charge < -0.3 is 4.74 Å². The second-order valence-electron chi connectivity index (χ2n) is 3.55. The Hall–Kier alpha value is -0.910. The molecule has 15 heavy (non-hydrogen) atoms. The van der Waals surface area contributed by atoms with Gasteiger partial charge in [0.15, 0.2) is 0 Å². The molecule has 0 aliphatic carbocycles. The molecule has 1 aromatic carbocycles. The van der Waals surface area contributed by atoms with Crippen LogP contribution in [-0.4, -0.2) is 27.7 Å². The number of rotatable bonds is 5. The zero-order valence-corrected chi connectivity index (χ0v) is 9.03. The first-order valence-corrected chi connectivity index (χ1v) is 6.44. The lowest BCUT2D eigenvalue weighted by atomic mass is 10.2. The summed E-state index contributed by atoms with van der Waals surface area (Å²) in [5.74, 6) is 0.0283. The quantitative estimate of drug-likeness (QED) is 0.745. The molecule has 1 N–H and O–H groups in total. The van der Waals surface area contributed by atoms with Gasteiger partial charge in [-0.3, -0.25) is 0 Å². The van der Waals surface area contributed by atoms with Crippen LogP contribution in [-0.2, 0) is 20.5 Å². The molecule has 2 rings (SSSR count). The maximum Gasteiger partial charge on any atom is 0.215 e. The van der Waals surface area contributed by atoms with Crippen LogP contribution in [0.5, 0.6) is 0 Å². The predicted octanol–water partition coefficient (Wildman–Crippen LogP) is 0.505. The van der Waals surface area contributed by atoms with E-state index in [1.54, 1.807) is 12.1 Å². The fraction of sp³-hybridized carbons (Fsp3) is 0.400. The standard InChI is InChI=1S/C10H13NO3S/c12-15(13,11-6-10-7-14-10)8-9-4-2-1-3-5-9/h1-5,10-11H,6-8H2. The number of sulfonamides is 1. The lowest BCUT2D eigenvalue weighted by Crippen LogP contribution is -2.28. The van der Waals surface area contributed by atoms with Gasteiger partial charge in [0, 0.05) is 6.54 Å². The Labute approximate surface area is 89.3 Å². The van der Waals surface area contributed by atoms with Crippen LogP contribution < -0.4 is 4.72 Å². The maximum absolute atomic E-state index is 11.6. The first kappa shape index (κ1) is 10.6. The molecule has 1 saturated heterocycles. The largest absolute Gasteiger partial charge is 0.372 e. The summed E-state index contributed by atoms with van der Waals surface area (Å²) in [4.78, 5) is 0. The van der Waals surface area contributed by atoms with Gasteiger partial charge >= 0.3 is 0 Å². The van der Waals surface area contributed by atoms with Gasteiger partial charge in [-0.2, -0.15) is 0 Å². The van der Waals surface area contributed by atoms with Crippen molar-refractivity contribution in [1.82, 2.24) is 4.72 Å². The van der Waals surface area contributed by atoms with E-state index in [-0.39, 0.29) is 11.9 Å². The van der Waals surface area contributed by atoms with Crippen molar-refractivity contribution in [2.75, 3.05) is 13.2 Å². The lowest BCUT2D eigenvalue weighted by molar-refractivity contribution is 0.406. The third-order valence-corrected chi connectivity index (χ3v) is 3.45. The van der Waals surface area contributed by atoms with Gasteiger partial charge in [0.05, 0.1) is 18.5 Å².